The van der Waals surface area contributed by atoms with E-state index in [0.717, 1.165) is 16.5 Å². The van der Waals surface area contributed by atoms with Crippen LogP contribution in [0.2, 0.25) is 5.02 Å². The highest BCUT2D eigenvalue weighted by atomic mass is 35.5. The number of para-hydroxylation sites is 1. The van der Waals surface area contributed by atoms with Crippen LogP contribution in [-0.2, 0) is 14.3 Å². The second kappa shape index (κ2) is 9.76. The van der Waals surface area contributed by atoms with Crippen molar-refractivity contribution in [2.75, 3.05) is 26.1 Å². The van der Waals surface area contributed by atoms with Crippen molar-refractivity contribution in [2.24, 2.45) is 0 Å². The zero-order chi connectivity index (χ0) is 21.5. The number of hydrogen-bond donors (Lipinski definition) is 1. The monoisotopic (exact) mass is 426 g/mol. The number of benzene rings is 2. The number of nitrogens with zero attached hydrogens (tertiary/aromatic N) is 1. The Labute approximate surface area is 178 Å². The van der Waals surface area contributed by atoms with Gasteiger partial charge in [-0.2, -0.15) is 0 Å². The summed E-state index contributed by atoms with van der Waals surface area (Å²) < 4.78 is 15.3. The summed E-state index contributed by atoms with van der Waals surface area (Å²) >= 11 is 6.08. The molecular weight excluding hydrogens is 408 g/mol. The third-order valence-electron chi connectivity index (χ3n) is 4.16. The van der Waals surface area contributed by atoms with E-state index in [1.165, 1.54) is 26.4 Å². The fourth-order valence-corrected chi connectivity index (χ4v) is 2.99. The molecule has 0 fully saturated rings. The summed E-state index contributed by atoms with van der Waals surface area (Å²) in [5.41, 5.74) is 1.87. The fraction of sp³-hybridized carbons (Fsp3) is 0.136. The van der Waals surface area contributed by atoms with Gasteiger partial charge in [0, 0.05) is 29.3 Å². The molecule has 30 heavy (non-hydrogen) atoms. The van der Waals surface area contributed by atoms with Gasteiger partial charge < -0.3 is 19.5 Å². The molecular formula is C22H19ClN2O5. The van der Waals surface area contributed by atoms with Gasteiger partial charge in [-0.25, -0.2) is 4.79 Å². The van der Waals surface area contributed by atoms with Crippen molar-refractivity contribution in [3.05, 3.63) is 65.3 Å². The molecule has 0 unspecified atom stereocenters. The first-order valence-corrected chi connectivity index (χ1v) is 9.29. The normalized spacial score (nSPS) is 10.8. The number of amides is 1. The molecule has 0 spiro atoms. The number of carbonyl (C=O) groups is 2. The first-order valence-electron chi connectivity index (χ1n) is 8.91. The summed E-state index contributed by atoms with van der Waals surface area (Å²) in [6.07, 6.45) is 4.53. The minimum atomic E-state index is -0.655. The van der Waals surface area contributed by atoms with E-state index in [4.69, 9.17) is 25.8 Å². The Hall–Kier alpha value is -3.58. The highest BCUT2D eigenvalue weighted by Gasteiger charge is 2.13. The van der Waals surface area contributed by atoms with E-state index in [2.05, 4.69) is 10.3 Å². The van der Waals surface area contributed by atoms with Crippen molar-refractivity contribution in [1.82, 2.24) is 4.98 Å². The largest absolute Gasteiger partial charge is 0.495 e. The smallest absolute Gasteiger partial charge is 0.331 e. The Balaban J connectivity index is 1.60. The molecule has 0 bridgehead atoms. The van der Waals surface area contributed by atoms with Gasteiger partial charge in [0.1, 0.15) is 11.5 Å². The van der Waals surface area contributed by atoms with Crippen LogP contribution in [0.1, 0.15) is 5.56 Å². The minimum Gasteiger partial charge on any atom is -0.495 e. The number of fused-ring (bicyclic) bond motifs is 1. The average Bonchev–Trinajstić information content (AvgIpc) is 2.76. The molecule has 1 N–H and O–H groups in total. The number of rotatable bonds is 7. The lowest BCUT2D eigenvalue weighted by Crippen LogP contribution is -2.20. The molecule has 0 aliphatic carbocycles. The highest BCUT2D eigenvalue weighted by molar-refractivity contribution is 6.32. The number of carbonyl (C=O) groups excluding carboxylic acids is 2. The standard InChI is InChI=1S/C22H19ClN2O5/c1-28-18-12-19(29-2)17(11-16(18)23)25-20(26)13-30-21(27)9-8-15-6-3-5-14-7-4-10-24-22(14)15/h3-12H,13H2,1-2H3,(H,25,26)/b9-8+. The van der Waals surface area contributed by atoms with E-state index in [9.17, 15) is 9.59 Å². The average molecular weight is 427 g/mol. The van der Waals surface area contributed by atoms with Gasteiger partial charge in [0.2, 0.25) is 0 Å². The van der Waals surface area contributed by atoms with Gasteiger partial charge in [0.25, 0.3) is 5.91 Å². The molecule has 3 rings (SSSR count). The number of hydrogen-bond acceptors (Lipinski definition) is 6. The molecule has 2 aromatic carbocycles. The summed E-state index contributed by atoms with van der Waals surface area (Å²) in [6, 6.07) is 12.5. The Bertz CT molecular complexity index is 1110. The van der Waals surface area contributed by atoms with Crippen molar-refractivity contribution >= 4 is 46.1 Å². The third-order valence-corrected chi connectivity index (χ3v) is 4.45. The van der Waals surface area contributed by atoms with Gasteiger partial charge in [0.15, 0.2) is 6.61 Å². The molecule has 0 saturated heterocycles. The molecule has 154 valence electrons. The predicted octanol–water partition coefficient (Wildman–Crippen LogP) is 4.10. The third kappa shape index (κ3) is 5.07. The molecule has 8 heteroatoms. The molecule has 1 aromatic heterocycles. The van der Waals surface area contributed by atoms with Crippen LogP contribution >= 0.6 is 11.6 Å². The van der Waals surface area contributed by atoms with Gasteiger partial charge in [-0.3, -0.25) is 9.78 Å². The predicted molar refractivity (Wildman–Crippen MR) is 115 cm³/mol. The lowest BCUT2D eigenvalue weighted by atomic mass is 10.1. The van der Waals surface area contributed by atoms with E-state index < -0.39 is 18.5 Å². The van der Waals surface area contributed by atoms with Crippen molar-refractivity contribution < 1.29 is 23.8 Å². The SMILES string of the molecule is COc1cc(OC)c(NC(=O)COC(=O)/C=C/c2cccc3cccnc23)cc1Cl. The van der Waals surface area contributed by atoms with Crippen LogP contribution in [0.15, 0.2) is 54.7 Å². The summed E-state index contributed by atoms with van der Waals surface area (Å²) in [5, 5.41) is 3.85. The van der Waals surface area contributed by atoms with Crippen LogP contribution < -0.4 is 14.8 Å². The first kappa shape index (κ1) is 21.1. The molecule has 1 amide bonds. The molecule has 0 aliphatic heterocycles. The number of ether oxygens (including phenoxy) is 3. The van der Waals surface area contributed by atoms with Crippen molar-refractivity contribution in [3.8, 4) is 11.5 Å². The van der Waals surface area contributed by atoms with Gasteiger partial charge in [-0.05, 0) is 18.2 Å². The lowest BCUT2D eigenvalue weighted by Gasteiger charge is -2.13. The number of pyridine rings is 1. The Morgan fingerprint density at radius 1 is 1.10 bits per heavy atom. The maximum absolute atomic E-state index is 12.1. The van der Waals surface area contributed by atoms with Crippen molar-refractivity contribution in [3.63, 3.8) is 0 Å². The van der Waals surface area contributed by atoms with Crippen LogP contribution in [0.25, 0.3) is 17.0 Å². The molecule has 3 aromatic rings. The number of anilines is 1. The van der Waals surface area contributed by atoms with Gasteiger partial charge in [-0.15, -0.1) is 0 Å². The van der Waals surface area contributed by atoms with Gasteiger partial charge >= 0.3 is 5.97 Å². The van der Waals surface area contributed by atoms with Crippen LogP contribution in [0.5, 0.6) is 11.5 Å². The second-order valence-corrected chi connectivity index (χ2v) is 6.51. The van der Waals surface area contributed by atoms with E-state index in [-0.39, 0.29) is 0 Å². The van der Waals surface area contributed by atoms with Crippen LogP contribution in [0, 0.1) is 0 Å². The van der Waals surface area contributed by atoms with Crippen molar-refractivity contribution in [2.45, 2.75) is 0 Å². The van der Waals surface area contributed by atoms with E-state index >= 15 is 0 Å². The second-order valence-electron chi connectivity index (χ2n) is 6.10. The quantitative estimate of drug-likeness (QED) is 0.452. The molecule has 0 saturated carbocycles. The Kier molecular flexibility index (Phi) is 6.87. The Morgan fingerprint density at radius 2 is 1.87 bits per heavy atom. The zero-order valence-electron chi connectivity index (χ0n) is 16.3. The molecule has 0 atom stereocenters. The lowest BCUT2D eigenvalue weighted by molar-refractivity contribution is -0.142. The van der Waals surface area contributed by atoms with E-state index in [1.54, 1.807) is 18.3 Å². The number of nitrogens with one attached hydrogen (secondary N) is 1. The van der Waals surface area contributed by atoms with Crippen LogP contribution in [0.4, 0.5) is 5.69 Å². The highest BCUT2D eigenvalue weighted by Crippen LogP contribution is 2.35. The maximum Gasteiger partial charge on any atom is 0.331 e. The molecule has 0 radical (unpaired) electrons. The van der Waals surface area contributed by atoms with E-state index in [0.29, 0.717) is 22.2 Å². The summed E-state index contributed by atoms with van der Waals surface area (Å²) in [7, 11) is 2.92. The summed E-state index contributed by atoms with van der Waals surface area (Å²) in [5.74, 6) is -0.425. The molecule has 0 aliphatic rings. The van der Waals surface area contributed by atoms with Crippen molar-refractivity contribution in [1.29, 1.82) is 0 Å². The summed E-state index contributed by atoms with van der Waals surface area (Å²) in [4.78, 5) is 28.5. The maximum atomic E-state index is 12.1. The van der Waals surface area contributed by atoms with Crippen LogP contribution in [0.3, 0.4) is 0 Å². The Morgan fingerprint density at radius 3 is 2.63 bits per heavy atom. The minimum absolute atomic E-state index is 0.303. The number of methoxy groups -OCH3 is 2. The van der Waals surface area contributed by atoms with Gasteiger partial charge in [-0.1, -0.05) is 35.9 Å². The zero-order valence-corrected chi connectivity index (χ0v) is 17.1. The molecule has 1 heterocycles. The first-order chi connectivity index (χ1) is 14.5. The number of esters is 1. The molecule has 7 nitrogen and oxygen atoms in total. The topological polar surface area (TPSA) is 86.8 Å². The fourth-order valence-electron chi connectivity index (χ4n) is 2.75. The van der Waals surface area contributed by atoms with Gasteiger partial charge in [0.05, 0.1) is 30.4 Å². The van der Waals surface area contributed by atoms with E-state index in [1.807, 2.05) is 30.3 Å². The number of halogens is 1. The van der Waals surface area contributed by atoms with Crippen LogP contribution in [-0.4, -0.2) is 37.7 Å². The number of aromatic nitrogens is 1. The summed E-state index contributed by atoms with van der Waals surface area (Å²) in [6.45, 7) is -0.468.